The van der Waals surface area contributed by atoms with Crippen molar-refractivity contribution in [1.82, 2.24) is 9.88 Å². The number of aromatic nitrogens is 1. The van der Waals surface area contributed by atoms with Crippen LogP contribution in [0.3, 0.4) is 0 Å². The summed E-state index contributed by atoms with van der Waals surface area (Å²) in [5.41, 5.74) is 2.23. The molecule has 4 nitrogen and oxygen atoms in total. The molecule has 0 aliphatic heterocycles. The number of methoxy groups -OCH3 is 1. The molecule has 0 spiro atoms. The lowest BCUT2D eigenvalue weighted by molar-refractivity contribution is -0.118. The van der Waals surface area contributed by atoms with Crippen LogP contribution in [0.4, 0.5) is 0 Å². The van der Waals surface area contributed by atoms with Crippen LogP contribution in [0.1, 0.15) is 12.5 Å². The van der Waals surface area contributed by atoms with Crippen molar-refractivity contribution in [2.45, 2.75) is 13.3 Å². The molecule has 1 heterocycles. The molecule has 2 rings (SSSR count). The van der Waals surface area contributed by atoms with Crippen molar-refractivity contribution in [3.63, 3.8) is 0 Å². The zero-order valence-electron chi connectivity index (χ0n) is 11.3. The molecule has 0 atom stereocenters. The number of aryl methyl sites for hydroxylation is 1. The molecular formula is C14H17ClN2O2. The summed E-state index contributed by atoms with van der Waals surface area (Å²) < 4.78 is 7.28. The second-order valence-electron chi connectivity index (χ2n) is 4.50. The Morgan fingerprint density at radius 2 is 2.21 bits per heavy atom. The number of fused-ring (bicyclic) bond motifs is 1. The zero-order valence-corrected chi connectivity index (χ0v) is 12.0. The Kier molecular flexibility index (Phi) is 4.00. The number of hydrogen-bond donors (Lipinski definition) is 1. The molecule has 0 saturated carbocycles. The van der Waals surface area contributed by atoms with E-state index >= 15 is 0 Å². The van der Waals surface area contributed by atoms with Crippen LogP contribution in [-0.2, 0) is 18.3 Å². The highest BCUT2D eigenvalue weighted by Crippen LogP contribution is 2.32. The van der Waals surface area contributed by atoms with E-state index in [-0.39, 0.29) is 5.91 Å². The predicted octanol–water partition coefficient (Wildman–Crippen LogP) is 2.52. The highest BCUT2D eigenvalue weighted by atomic mass is 35.5. The molecule has 1 aromatic carbocycles. The number of amides is 1. The van der Waals surface area contributed by atoms with Gasteiger partial charge in [-0.1, -0.05) is 11.6 Å². The number of benzene rings is 1. The standard InChI is InChI=1S/C14H17ClN2O2/c1-9(18)16-5-4-10-8-17(2)13-7-12(15)14(19-3)6-11(10)13/h6-8H,4-5H2,1-3H3,(H,16,18). The fourth-order valence-corrected chi connectivity index (χ4v) is 2.43. The number of carbonyl (C=O) groups is 1. The Balaban J connectivity index is 2.36. The SMILES string of the molecule is COc1cc2c(CCNC(C)=O)cn(C)c2cc1Cl. The van der Waals surface area contributed by atoms with E-state index in [4.69, 9.17) is 16.3 Å². The first-order valence-corrected chi connectivity index (χ1v) is 6.46. The molecule has 0 bridgehead atoms. The lowest BCUT2D eigenvalue weighted by atomic mass is 10.1. The van der Waals surface area contributed by atoms with E-state index in [0.717, 1.165) is 17.3 Å². The highest BCUT2D eigenvalue weighted by molar-refractivity contribution is 6.32. The maximum Gasteiger partial charge on any atom is 0.216 e. The summed E-state index contributed by atoms with van der Waals surface area (Å²) in [7, 11) is 3.58. The van der Waals surface area contributed by atoms with Crippen LogP contribution in [0.5, 0.6) is 5.75 Å². The summed E-state index contributed by atoms with van der Waals surface area (Å²) in [5.74, 6) is 0.655. The van der Waals surface area contributed by atoms with Gasteiger partial charge in [-0.05, 0) is 24.1 Å². The van der Waals surface area contributed by atoms with Crippen LogP contribution in [0.15, 0.2) is 18.3 Å². The van der Waals surface area contributed by atoms with Crippen molar-refractivity contribution in [2.75, 3.05) is 13.7 Å². The lowest BCUT2D eigenvalue weighted by Gasteiger charge is -2.05. The maximum absolute atomic E-state index is 10.9. The van der Waals surface area contributed by atoms with Gasteiger partial charge in [-0.25, -0.2) is 0 Å². The van der Waals surface area contributed by atoms with Gasteiger partial charge in [-0.15, -0.1) is 0 Å². The van der Waals surface area contributed by atoms with Gasteiger partial charge < -0.3 is 14.6 Å². The number of nitrogens with one attached hydrogen (secondary N) is 1. The van der Waals surface area contributed by atoms with Crippen LogP contribution in [0, 0.1) is 0 Å². The van der Waals surface area contributed by atoms with Crippen molar-refractivity contribution in [3.05, 3.63) is 28.9 Å². The third-order valence-electron chi connectivity index (χ3n) is 3.11. The van der Waals surface area contributed by atoms with Crippen LogP contribution < -0.4 is 10.1 Å². The first-order chi connectivity index (χ1) is 9.02. The van der Waals surface area contributed by atoms with Gasteiger partial charge in [-0.2, -0.15) is 0 Å². The molecule has 0 radical (unpaired) electrons. The minimum Gasteiger partial charge on any atom is -0.495 e. The van der Waals surface area contributed by atoms with E-state index in [9.17, 15) is 4.79 Å². The third kappa shape index (κ3) is 2.84. The first kappa shape index (κ1) is 13.7. The van der Waals surface area contributed by atoms with Crippen LogP contribution in [-0.4, -0.2) is 24.1 Å². The van der Waals surface area contributed by atoms with Gasteiger partial charge in [0.2, 0.25) is 5.91 Å². The van der Waals surface area contributed by atoms with Gasteiger partial charge in [0, 0.05) is 37.6 Å². The second-order valence-corrected chi connectivity index (χ2v) is 4.91. The highest BCUT2D eigenvalue weighted by Gasteiger charge is 2.11. The molecule has 2 aromatic rings. The van der Waals surface area contributed by atoms with E-state index in [0.29, 0.717) is 17.3 Å². The van der Waals surface area contributed by atoms with Crippen molar-refractivity contribution in [3.8, 4) is 5.75 Å². The Labute approximate surface area is 117 Å². The van der Waals surface area contributed by atoms with E-state index in [1.54, 1.807) is 7.11 Å². The maximum atomic E-state index is 10.9. The van der Waals surface area contributed by atoms with Gasteiger partial charge in [0.1, 0.15) is 5.75 Å². The van der Waals surface area contributed by atoms with Crippen molar-refractivity contribution in [2.24, 2.45) is 7.05 Å². The van der Waals surface area contributed by atoms with Gasteiger partial charge in [0.05, 0.1) is 12.1 Å². The topological polar surface area (TPSA) is 43.3 Å². The zero-order chi connectivity index (χ0) is 14.0. The summed E-state index contributed by atoms with van der Waals surface area (Å²) in [6.07, 6.45) is 2.84. The summed E-state index contributed by atoms with van der Waals surface area (Å²) in [6, 6.07) is 3.85. The molecule has 0 fully saturated rings. The van der Waals surface area contributed by atoms with Gasteiger partial charge in [0.25, 0.3) is 0 Å². The molecule has 1 amide bonds. The number of nitrogens with zero attached hydrogens (tertiary/aromatic N) is 1. The Bertz CT molecular complexity index is 619. The van der Waals surface area contributed by atoms with Crippen molar-refractivity contribution < 1.29 is 9.53 Å². The number of halogens is 1. The minimum absolute atomic E-state index is 0.0131. The smallest absolute Gasteiger partial charge is 0.216 e. The Hall–Kier alpha value is -1.68. The van der Waals surface area contributed by atoms with E-state index in [2.05, 4.69) is 11.5 Å². The largest absolute Gasteiger partial charge is 0.495 e. The fourth-order valence-electron chi connectivity index (χ4n) is 2.19. The van der Waals surface area contributed by atoms with Crippen molar-refractivity contribution in [1.29, 1.82) is 0 Å². The summed E-state index contributed by atoms with van der Waals surface area (Å²) >= 11 is 6.14. The molecule has 1 N–H and O–H groups in total. The van der Waals surface area contributed by atoms with E-state index in [1.807, 2.05) is 23.7 Å². The third-order valence-corrected chi connectivity index (χ3v) is 3.41. The monoisotopic (exact) mass is 280 g/mol. The number of carbonyl (C=O) groups excluding carboxylic acids is 1. The van der Waals surface area contributed by atoms with Crippen LogP contribution in [0.25, 0.3) is 10.9 Å². The molecule has 0 saturated heterocycles. The molecule has 0 aliphatic carbocycles. The predicted molar refractivity (Wildman–Crippen MR) is 76.9 cm³/mol. The Morgan fingerprint density at radius 3 is 2.84 bits per heavy atom. The molecule has 102 valence electrons. The van der Waals surface area contributed by atoms with Crippen LogP contribution >= 0.6 is 11.6 Å². The van der Waals surface area contributed by atoms with Gasteiger partial charge >= 0.3 is 0 Å². The van der Waals surface area contributed by atoms with Crippen molar-refractivity contribution >= 4 is 28.4 Å². The van der Waals surface area contributed by atoms with E-state index in [1.165, 1.54) is 12.5 Å². The number of ether oxygens (including phenoxy) is 1. The quantitative estimate of drug-likeness (QED) is 0.935. The number of rotatable bonds is 4. The molecule has 19 heavy (non-hydrogen) atoms. The number of hydrogen-bond acceptors (Lipinski definition) is 2. The fraction of sp³-hybridized carbons (Fsp3) is 0.357. The molecule has 0 unspecified atom stereocenters. The van der Waals surface area contributed by atoms with Gasteiger partial charge in [0.15, 0.2) is 0 Å². The first-order valence-electron chi connectivity index (χ1n) is 6.08. The lowest BCUT2D eigenvalue weighted by Crippen LogP contribution is -2.22. The summed E-state index contributed by atoms with van der Waals surface area (Å²) in [5, 5.41) is 4.51. The summed E-state index contributed by atoms with van der Waals surface area (Å²) in [4.78, 5) is 10.9. The van der Waals surface area contributed by atoms with E-state index < -0.39 is 0 Å². The Morgan fingerprint density at radius 1 is 1.47 bits per heavy atom. The molecule has 0 aliphatic rings. The second kappa shape index (κ2) is 5.53. The molecule has 1 aromatic heterocycles. The normalized spacial score (nSPS) is 10.7. The summed E-state index contributed by atoms with van der Waals surface area (Å²) in [6.45, 7) is 2.14. The molecule has 5 heteroatoms. The molecular weight excluding hydrogens is 264 g/mol. The minimum atomic E-state index is -0.0131. The average Bonchev–Trinajstić information content (AvgIpc) is 2.64. The van der Waals surface area contributed by atoms with Gasteiger partial charge in [-0.3, -0.25) is 4.79 Å². The van der Waals surface area contributed by atoms with Crippen LogP contribution in [0.2, 0.25) is 5.02 Å². The average molecular weight is 281 g/mol.